The highest BCUT2D eigenvalue weighted by molar-refractivity contribution is 6.31. The molecule has 0 aromatic heterocycles. The summed E-state index contributed by atoms with van der Waals surface area (Å²) in [5.41, 5.74) is 7.81. The summed E-state index contributed by atoms with van der Waals surface area (Å²) in [4.78, 5) is 0. The first kappa shape index (κ1) is 12.7. The Morgan fingerprint density at radius 1 is 1.22 bits per heavy atom. The fourth-order valence-electron chi connectivity index (χ4n) is 1.80. The highest BCUT2D eigenvalue weighted by Gasteiger charge is 2.10. The second kappa shape index (κ2) is 5.27. The van der Waals surface area contributed by atoms with Crippen molar-refractivity contribution in [3.05, 3.63) is 58.9 Å². The molecule has 0 fully saturated rings. The van der Waals surface area contributed by atoms with Gasteiger partial charge in [-0.15, -0.1) is 0 Å². The predicted molar refractivity (Wildman–Crippen MR) is 74.3 cm³/mol. The van der Waals surface area contributed by atoms with Crippen LogP contribution in [0.3, 0.4) is 0 Å². The fraction of sp³-hybridized carbons (Fsp3) is 0.143. The normalized spacial score (nSPS) is 12.2. The molecular formula is C14H14ClFN2. The van der Waals surface area contributed by atoms with E-state index in [1.54, 1.807) is 6.07 Å². The molecule has 0 saturated heterocycles. The minimum Gasteiger partial charge on any atom is -0.397 e. The van der Waals surface area contributed by atoms with E-state index < -0.39 is 0 Å². The number of rotatable bonds is 3. The van der Waals surface area contributed by atoms with Crippen molar-refractivity contribution >= 4 is 23.0 Å². The molecule has 2 aromatic rings. The van der Waals surface area contributed by atoms with Crippen LogP contribution >= 0.6 is 11.6 Å². The van der Waals surface area contributed by atoms with Crippen LogP contribution < -0.4 is 11.1 Å². The predicted octanol–water partition coefficient (Wildman–Crippen LogP) is 4.23. The van der Waals surface area contributed by atoms with E-state index in [9.17, 15) is 4.39 Å². The molecule has 0 bridgehead atoms. The molecule has 0 radical (unpaired) electrons. The minimum absolute atomic E-state index is 0.00791. The van der Waals surface area contributed by atoms with E-state index in [4.69, 9.17) is 17.3 Å². The first-order valence-corrected chi connectivity index (χ1v) is 6.01. The molecule has 0 aliphatic rings. The molecule has 1 atom stereocenters. The van der Waals surface area contributed by atoms with Crippen molar-refractivity contribution in [2.45, 2.75) is 13.0 Å². The van der Waals surface area contributed by atoms with Crippen molar-refractivity contribution in [1.82, 2.24) is 0 Å². The minimum atomic E-state index is -0.344. The number of hydrogen-bond acceptors (Lipinski definition) is 2. The molecule has 0 amide bonds. The number of nitrogens with one attached hydrogen (secondary N) is 1. The first-order valence-electron chi connectivity index (χ1n) is 5.64. The lowest BCUT2D eigenvalue weighted by Crippen LogP contribution is -2.09. The molecule has 94 valence electrons. The van der Waals surface area contributed by atoms with E-state index >= 15 is 0 Å². The number of benzene rings is 2. The van der Waals surface area contributed by atoms with E-state index in [1.165, 1.54) is 12.1 Å². The lowest BCUT2D eigenvalue weighted by Gasteiger charge is -2.18. The highest BCUT2D eigenvalue weighted by Crippen LogP contribution is 2.28. The van der Waals surface area contributed by atoms with E-state index in [0.29, 0.717) is 16.4 Å². The molecule has 0 saturated carbocycles. The van der Waals surface area contributed by atoms with Gasteiger partial charge in [0, 0.05) is 5.02 Å². The lowest BCUT2D eigenvalue weighted by molar-refractivity contribution is 0.628. The molecule has 4 heteroatoms. The summed E-state index contributed by atoms with van der Waals surface area (Å²) in [6, 6.07) is 11.9. The van der Waals surface area contributed by atoms with Crippen LogP contribution in [0.1, 0.15) is 18.5 Å². The molecule has 0 spiro atoms. The molecule has 18 heavy (non-hydrogen) atoms. The lowest BCUT2D eigenvalue weighted by atomic mass is 10.1. The van der Waals surface area contributed by atoms with Crippen molar-refractivity contribution in [3.8, 4) is 0 Å². The highest BCUT2D eigenvalue weighted by atomic mass is 35.5. The maximum Gasteiger partial charge on any atom is 0.125 e. The van der Waals surface area contributed by atoms with E-state index in [2.05, 4.69) is 5.32 Å². The van der Waals surface area contributed by atoms with Crippen LogP contribution in [0.5, 0.6) is 0 Å². The Balaban J connectivity index is 2.21. The number of anilines is 2. The second-order valence-electron chi connectivity index (χ2n) is 4.12. The van der Waals surface area contributed by atoms with Crippen molar-refractivity contribution in [3.63, 3.8) is 0 Å². The van der Waals surface area contributed by atoms with Crippen molar-refractivity contribution in [2.24, 2.45) is 0 Å². The maximum absolute atomic E-state index is 12.9. The van der Waals surface area contributed by atoms with Gasteiger partial charge < -0.3 is 11.1 Å². The standard InChI is InChI=1S/C14H14ClFN2/c1-9(11-4-2-3-5-12(11)15)18-14-7-6-10(16)8-13(14)17/h2-9,18H,17H2,1H3. The summed E-state index contributed by atoms with van der Waals surface area (Å²) in [5.74, 6) is -0.344. The largest absolute Gasteiger partial charge is 0.397 e. The van der Waals surface area contributed by atoms with Crippen LogP contribution in [0.2, 0.25) is 5.02 Å². The Bertz CT molecular complexity index is 557. The summed E-state index contributed by atoms with van der Waals surface area (Å²) in [7, 11) is 0. The van der Waals surface area contributed by atoms with Gasteiger partial charge in [0.15, 0.2) is 0 Å². The molecule has 2 aromatic carbocycles. The Kier molecular flexibility index (Phi) is 3.72. The number of hydrogen-bond donors (Lipinski definition) is 2. The van der Waals surface area contributed by atoms with Crippen molar-refractivity contribution in [2.75, 3.05) is 11.1 Å². The zero-order chi connectivity index (χ0) is 13.1. The van der Waals surface area contributed by atoms with Crippen LogP contribution in [0.4, 0.5) is 15.8 Å². The van der Waals surface area contributed by atoms with Gasteiger partial charge in [-0.05, 0) is 36.8 Å². The quantitative estimate of drug-likeness (QED) is 0.814. The SMILES string of the molecule is CC(Nc1ccc(F)cc1N)c1ccccc1Cl. The number of nitrogens with two attached hydrogens (primary N) is 1. The van der Waals surface area contributed by atoms with Gasteiger partial charge >= 0.3 is 0 Å². The van der Waals surface area contributed by atoms with Crippen LogP contribution in [0, 0.1) is 5.82 Å². The molecule has 0 heterocycles. The molecule has 0 aliphatic carbocycles. The molecule has 1 unspecified atom stereocenters. The van der Waals surface area contributed by atoms with Gasteiger partial charge in [-0.2, -0.15) is 0 Å². The Morgan fingerprint density at radius 2 is 1.94 bits per heavy atom. The monoisotopic (exact) mass is 264 g/mol. The Hall–Kier alpha value is -1.74. The Labute approximate surface area is 111 Å². The molecular weight excluding hydrogens is 251 g/mol. The fourth-order valence-corrected chi connectivity index (χ4v) is 2.10. The zero-order valence-electron chi connectivity index (χ0n) is 9.95. The third kappa shape index (κ3) is 2.74. The first-order chi connectivity index (χ1) is 8.58. The Morgan fingerprint density at radius 3 is 2.61 bits per heavy atom. The van der Waals surface area contributed by atoms with Gasteiger partial charge in [0.25, 0.3) is 0 Å². The maximum atomic E-state index is 12.9. The second-order valence-corrected chi connectivity index (χ2v) is 4.53. The number of nitrogen functional groups attached to an aromatic ring is 1. The summed E-state index contributed by atoms with van der Waals surface area (Å²) in [6.07, 6.45) is 0. The van der Waals surface area contributed by atoms with E-state index in [0.717, 1.165) is 5.56 Å². The third-order valence-electron chi connectivity index (χ3n) is 2.76. The zero-order valence-corrected chi connectivity index (χ0v) is 10.7. The van der Waals surface area contributed by atoms with Gasteiger partial charge in [0.1, 0.15) is 5.82 Å². The van der Waals surface area contributed by atoms with Crippen LogP contribution in [0.15, 0.2) is 42.5 Å². The molecule has 2 nitrogen and oxygen atoms in total. The molecule has 3 N–H and O–H groups in total. The smallest absolute Gasteiger partial charge is 0.125 e. The van der Waals surface area contributed by atoms with Gasteiger partial charge in [-0.3, -0.25) is 0 Å². The van der Waals surface area contributed by atoms with Crippen LogP contribution in [0.25, 0.3) is 0 Å². The van der Waals surface area contributed by atoms with Crippen molar-refractivity contribution in [1.29, 1.82) is 0 Å². The van der Waals surface area contributed by atoms with Gasteiger partial charge in [-0.1, -0.05) is 29.8 Å². The van der Waals surface area contributed by atoms with Gasteiger partial charge in [-0.25, -0.2) is 4.39 Å². The van der Waals surface area contributed by atoms with Gasteiger partial charge in [0.05, 0.1) is 17.4 Å². The summed E-state index contributed by atoms with van der Waals surface area (Å²) in [6.45, 7) is 1.98. The topological polar surface area (TPSA) is 38.0 Å². The van der Waals surface area contributed by atoms with E-state index in [1.807, 2.05) is 31.2 Å². The third-order valence-corrected chi connectivity index (χ3v) is 3.10. The molecule has 0 aliphatic heterocycles. The van der Waals surface area contributed by atoms with Crippen LogP contribution in [-0.2, 0) is 0 Å². The summed E-state index contributed by atoms with van der Waals surface area (Å²) >= 11 is 6.12. The van der Waals surface area contributed by atoms with E-state index in [-0.39, 0.29) is 11.9 Å². The average molecular weight is 265 g/mol. The van der Waals surface area contributed by atoms with Crippen molar-refractivity contribution < 1.29 is 4.39 Å². The van der Waals surface area contributed by atoms with Crippen LogP contribution in [-0.4, -0.2) is 0 Å². The average Bonchev–Trinajstić information content (AvgIpc) is 2.33. The molecule has 2 rings (SSSR count). The van der Waals surface area contributed by atoms with Gasteiger partial charge in [0.2, 0.25) is 0 Å². The summed E-state index contributed by atoms with van der Waals surface area (Å²) < 4.78 is 12.9. The summed E-state index contributed by atoms with van der Waals surface area (Å²) in [5, 5.41) is 3.91. The number of halogens is 2.